The van der Waals surface area contributed by atoms with Gasteiger partial charge in [-0.2, -0.15) is 0 Å². The fraction of sp³-hybridized carbons (Fsp3) is 0.500. The zero-order chi connectivity index (χ0) is 52.4. The minimum atomic E-state index is -0.680. The second-order valence-electron chi connectivity index (χ2n) is 21.6. The lowest BCUT2D eigenvalue weighted by atomic mass is 9.65. The van der Waals surface area contributed by atoms with E-state index in [1.54, 1.807) is 18.4 Å². The van der Waals surface area contributed by atoms with Crippen LogP contribution in [0.15, 0.2) is 66.0 Å². The van der Waals surface area contributed by atoms with Crippen molar-refractivity contribution in [2.24, 2.45) is 17.3 Å². The van der Waals surface area contributed by atoms with Gasteiger partial charge in [0, 0.05) is 93.5 Å². The number of hydrogen-bond acceptors (Lipinski definition) is 12. The number of thiophene rings is 1. The molecule has 1 spiro atoms. The molecule has 3 aromatic carbocycles. The van der Waals surface area contributed by atoms with Gasteiger partial charge in [-0.05, 0) is 153 Å². The van der Waals surface area contributed by atoms with Crippen molar-refractivity contribution in [1.82, 2.24) is 30.0 Å². The van der Waals surface area contributed by atoms with E-state index in [1.165, 1.54) is 30.0 Å². The number of fused-ring (bicyclic) bond motifs is 1. The monoisotopic (exact) mass is 1040 g/mol. The Hall–Kier alpha value is -6.46. The lowest BCUT2D eigenvalue weighted by molar-refractivity contribution is -0.142. The Morgan fingerprint density at radius 3 is 2.35 bits per heavy atom. The van der Waals surface area contributed by atoms with Crippen molar-refractivity contribution in [2.45, 2.75) is 110 Å². The molecule has 3 saturated heterocycles. The maximum atomic E-state index is 14.8. The van der Waals surface area contributed by atoms with E-state index in [0.29, 0.717) is 36.3 Å². The summed E-state index contributed by atoms with van der Waals surface area (Å²) in [5.41, 5.74) is 5.61. The summed E-state index contributed by atoms with van der Waals surface area (Å²) >= 11 is 1.68. The lowest BCUT2D eigenvalue weighted by Gasteiger charge is -2.47. The van der Waals surface area contributed by atoms with Gasteiger partial charge < -0.3 is 24.6 Å². The van der Waals surface area contributed by atoms with Gasteiger partial charge in [-0.1, -0.05) is 24.3 Å². The lowest BCUT2D eigenvalue weighted by Crippen LogP contribution is -2.52. The van der Waals surface area contributed by atoms with Gasteiger partial charge in [0.1, 0.15) is 29.8 Å². The summed E-state index contributed by atoms with van der Waals surface area (Å²) in [7, 11) is 1.72. The Morgan fingerprint density at radius 1 is 0.880 bits per heavy atom. The predicted octanol–water partition coefficient (Wildman–Crippen LogP) is 10.0. The minimum absolute atomic E-state index is 0.00956. The number of carbonyl (C=O) groups is 5. The molecule has 1 atom stereocenters. The third-order valence-electron chi connectivity index (χ3n) is 16.8. The maximum Gasteiger partial charge on any atom is 0.328 e. The van der Waals surface area contributed by atoms with Crippen LogP contribution in [-0.4, -0.2) is 114 Å². The number of piperidine rings is 1. The number of benzene rings is 3. The number of hydrogen-bond donors (Lipinski definition) is 2. The summed E-state index contributed by atoms with van der Waals surface area (Å²) in [6.45, 7) is 11.4. The average Bonchev–Trinajstić information content (AvgIpc) is 3.92. The maximum absolute atomic E-state index is 14.8. The van der Waals surface area contributed by atoms with Gasteiger partial charge in [0.05, 0.1) is 24.4 Å². The number of halogens is 1. The molecule has 75 heavy (non-hydrogen) atoms. The van der Waals surface area contributed by atoms with Crippen molar-refractivity contribution in [3.05, 3.63) is 99.3 Å². The van der Waals surface area contributed by atoms with Crippen LogP contribution in [-0.2, 0) is 25.7 Å². The van der Waals surface area contributed by atoms with Crippen LogP contribution in [0.3, 0.4) is 0 Å². The van der Waals surface area contributed by atoms with Gasteiger partial charge in [0.25, 0.3) is 5.91 Å². The highest BCUT2D eigenvalue weighted by molar-refractivity contribution is 7.10. The first kappa shape index (κ1) is 52.0. The highest BCUT2D eigenvalue weighted by Crippen LogP contribution is 2.47. The van der Waals surface area contributed by atoms with E-state index in [-0.39, 0.29) is 60.4 Å². The molecule has 2 aromatic heterocycles. The average molecular weight is 1040 g/mol. The number of rotatable bonds is 13. The van der Waals surface area contributed by atoms with Crippen LogP contribution in [0.2, 0.25) is 0 Å². The van der Waals surface area contributed by atoms with E-state index < -0.39 is 17.8 Å². The normalized spacial score (nSPS) is 21.0. The van der Waals surface area contributed by atoms with Gasteiger partial charge in [-0.3, -0.25) is 34.3 Å². The number of amides is 5. The molecule has 3 aliphatic heterocycles. The van der Waals surface area contributed by atoms with Crippen molar-refractivity contribution in [2.75, 3.05) is 69.7 Å². The van der Waals surface area contributed by atoms with Gasteiger partial charge in [0.2, 0.25) is 11.8 Å². The second kappa shape index (κ2) is 22.4. The predicted molar refractivity (Wildman–Crippen MR) is 287 cm³/mol. The number of ether oxygens (including phenoxy) is 2. The van der Waals surface area contributed by atoms with E-state index in [0.717, 1.165) is 147 Å². The van der Waals surface area contributed by atoms with Crippen LogP contribution in [0.25, 0.3) is 22.0 Å². The van der Waals surface area contributed by atoms with Crippen molar-refractivity contribution in [3.8, 4) is 16.9 Å². The molecular weight excluding hydrogens is 972 g/mol. The molecule has 5 heterocycles. The Bertz CT molecular complexity index is 2950. The van der Waals surface area contributed by atoms with E-state index >= 15 is 0 Å². The molecule has 396 valence electrons. The topological polar surface area (TPSA) is 167 Å². The molecule has 17 heteroatoms. The Morgan fingerprint density at radius 2 is 1.63 bits per heavy atom. The Balaban J connectivity index is 0.685. The zero-order valence-electron chi connectivity index (χ0n) is 43.6. The van der Waals surface area contributed by atoms with Crippen molar-refractivity contribution in [3.63, 3.8) is 0 Å². The number of aryl methyl sites for hydroxylation is 1. The van der Waals surface area contributed by atoms with Crippen LogP contribution in [0.5, 0.6) is 5.75 Å². The summed E-state index contributed by atoms with van der Waals surface area (Å²) in [4.78, 5) is 81.9. The summed E-state index contributed by atoms with van der Waals surface area (Å²) in [6.07, 6.45) is 10.1. The molecule has 5 aliphatic rings. The van der Waals surface area contributed by atoms with Gasteiger partial charge in [-0.15, -0.1) is 11.3 Å². The fourth-order valence-corrected chi connectivity index (χ4v) is 13.3. The number of methoxy groups -OCH3 is 1. The number of nitrogens with one attached hydrogen (secondary N) is 2. The van der Waals surface area contributed by atoms with E-state index in [9.17, 15) is 28.4 Å². The second-order valence-corrected chi connectivity index (χ2v) is 22.5. The first-order valence-corrected chi connectivity index (χ1v) is 27.8. The number of aromatic nitrogens is 2. The molecular formula is C58H69FN8O7S. The highest BCUT2D eigenvalue weighted by atomic mass is 32.1. The van der Waals surface area contributed by atoms with Crippen LogP contribution < -0.4 is 20.3 Å². The number of anilines is 2. The minimum Gasteiger partial charge on any atom is -0.496 e. The third-order valence-corrected chi connectivity index (χ3v) is 18.0. The first-order valence-electron chi connectivity index (χ1n) is 26.9. The number of nitrogens with zero attached hydrogens (tertiary/aromatic N) is 6. The SMILES string of the molecule is COc1cc2nc(C)nc(N[C@H](C)c3cc(-c4ccccc4COC(C)=O)cs3)c2cc1C1CCC(C(=O)N2CCN(CC3CCC4(CC3)CCN(C(=O)c3ccc(F)c(N5CCC(=O)NC5=O)c3)CC4)CC2)CC1. The quantitative estimate of drug-likeness (QED) is 0.108. The van der Waals surface area contributed by atoms with Crippen molar-refractivity contribution < 1.29 is 37.8 Å². The standard InChI is InChI=1S/C58H69FN8O7S/c1-36(52-30-44(35-75-52)45-8-6-5-7-43(45)34-74-38(3)68)60-54-47-31-46(51(73-4)32-49(47)61-37(2)62-54)40-9-11-41(12-10-40)55(70)66-27-25-64(26-28-66)33-39-15-18-58(19-16-39)20-23-65(24-21-58)56(71)42-13-14-48(59)50(29-42)67-22-17-53(69)63-57(67)72/h5-8,13-14,29-32,35-36,39-41H,9-12,15-28,33-34H2,1-4H3,(H,60,61,62)(H,63,69,72)/t36-,40?,41?/m1/s1. The molecule has 15 nitrogen and oxygen atoms in total. The van der Waals surface area contributed by atoms with Crippen molar-refractivity contribution >= 4 is 63.5 Å². The number of piperazine rings is 1. The van der Waals surface area contributed by atoms with Crippen LogP contribution >= 0.6 is 11.3 Å². The van der Waals surface area contributed by atoms with Crippen LogP contribution in [0, 0.1) is 30.0 Å². The highest BCUT2D eigenvalue weighted by Gasteiger charge is 2.40. The molecule has 0 radical (unpaired) electrons. The van der Waals surface area contributed by atoms with E-state index in [2.05, 4.69) is 50.9 Å². The van der Waals surface area contributed by atoms with Crippen molar-refractivity contribution in [1.29, 1.82) is 0 Å². The molecule has 5 amide bonds. The molecule has 5 aromatic rings. The van der Waals surface area contributed by atoms with Gasteiger partial charge >= 0.3 is 12.0 Å². The van der Waals surface area contributed by atoms with Gasteiger partial charge in [0.15, 0.2) is 0 Å². The number of imide groups is 1. The smallest absolute Gasteiger partial charge is 0.328 e. The largest absolute Gasteiger partial charge is 0.496 e. The summed E-state index contributed by atoms with van der Waals surface area (Å²) in [5, 5.41) is 9.02. The van der Waals surface area contributed by atoms with Crippen LogP contribution in [0.4, 0.5) is 20.7 Å². The van der Waals surface area contributed by atoms with Crippen LogP contribution in [0.1, 0.15) is 129 Å². The van der Waals surface area contributed by atoms with Gasteiger partial charge in [-0.25, -0.2) is 19.2 Å². The number of carbonyl (C=O) groups excluding carboxylic acids is 5. The zero-order valence-corrected chi connectivity index (χ0v) is 44.4. The van der Waals surface area contributed by atoms with E-state index in [1.807, 2.05) is 36.1 Å². The number of urea groups is 1. The third kappa shape index (κ3) is 11.5. The molecule has 2 aliphatic carbocycles. The summed E-state index contributed by atoms with van der Waals surface area (Å²) in [6, 6.07) is 17.8. The molecule has 2 saturated carbocycles. The number of esters is 1. The Labute approximate surface area is 442 Å². The summed E-state index contributed by atoms with van der Waals surface area (Å²) < 4.78 is 26.2. The number of likely N-dealkylation sites (tertiary alicyclic amines) is 1. The Kier molecular flexibility index (Phi) is 15.5. The van der Waals surface area contributed by atoms with E-state index in [4.69, 9.17) is 19.4 Å². The molecule has 5 fully saturated rings. The molecule has 0 unspecified atom stereocenters. The summed E-state index contributed by atoms with van der Waals surface area (Å²) in [5.74, 6) is 1.97. The molecule has 10 rings (SSSR count). The fourth-order valence-electron chi connectivity index (χ4n) is 12.4. The molecule has 0 bridgehead atoms. The first-order chi connectivity index (χ1) is 36.2. The molecule has 2 N–H and O–H groups in total.